The lowest BCUT2D eigenvalue weighted by molar-refractivity contribution is -0.143. The van der Waals surface area contributed by atoms with Gasteiger partial charge in [0.2, 0.25) is 5.91 Å². The van der Waals surface area contributed by atoms with Crippen molar-refractivity contribution < 1.29 is 24.5 Å². The summed E-state index contributed by atoms with van der Waals surface area (Å²) in [6, 6.07) is -0.634. The molecule has 0 aliphatic heterocycles. The summed E-state index contributed by atoms with van der Waals surface area (Å²) >= 11 is 0. The van der Waals surface area contributed by atoms with Crippen LogP contribution in [-0.2, 0) is 14.3 Å². The van der Waals surface area contributed by atoms with Crippen LogP contribution < -0.4 is 5.32 Å². The number of unbranched alkanes of at least 4 members (excludes halogenated alkanes) is 32. The Kier molecular flexibility index (Phi) is 44.7. The standard InChI is InChI=1S/C50H95NO5/c1-3-5-7-9-11-13-15-24-28-32-36-40-44-50(55)56-45-41-37-33-29-25-22-20-18-16-17-19-21-23-27-31-35-39-43-49(54)51-47(46-52)48(53)42-38-34-30-26-14-12-10-8-6-4-2/h16,18,38,42,47-48,52-53H,3-15,17,19-37,39-41,43-46H2,1-2H3,(H,51,54)/b18-16-,42-38+. The van der Waals surface area contributed by atoms with Crippen molar-refractivity contribution >= 4 is 11.9 Å². The summed E-state index contributed by atoms with van der Waals surface area (Å²) in [5.41, 5.74) is 0. The van der Waals surface area contributed by atoms with E-state index in [1.807, 2.05) is 6.08 Å². The minimum atomic E-state index is -0.849. The summed E-state index contributed by atoms with van der Waals surface area (Å²) in [5, 5.41) is 22.9. The Balaban J connectivity index is 3.47. The van der Waals surface area contributed by atoms with E-state index >= 15 is 0 Å². The molecule has 1 amide bonds. The molecule has 0 fully saturated rings. The average Bonchev–Trinajstić information content (AvgIpc) is 3.20. The van der Waals surface area contributed by atoms with E-state index in [9.17, 15) is 19.8 Å². The van der Waals surface area contributed by atoms with E-state index in [1.54, 1.807) is 6.08 Å². The number of aliphatic hydroxyl groups excluding tert-OH is 2. The third-order valence-electron chi connectivity index (χ3n) is 11.2. The van der Waals surface area contributed by atoms with Crippen LogP contribution in [0.1, 0.15) is 258 Å². The van der Waals surface area contributed by atoms with Crippen molar-refractivity contribution in [3.05, 3.63) is 24.3 Å². The second kappa shape index (κ2) is 46.0. The second-order valence-electron chi connectivity index (χ2n) is 16.8. The molecule has 0 rings (SSSR count). The van der Waals surface area contributed by atoms with Gasteiger partial charge in [-0.15, -0.1) is 0 Å². The highest BCUT2D eigenvalue weighted by Gasteiger charge is 2.18. The first-order valence-corrected chi connectivity index (χ1v) is 24.6. The molecule has 330 valence electrons. The molecule has 2 unspecified atom stereocenters. The third kappa shape index (κ3) is 42.0. The molecular formula is C50H95NO5. The van der Waals surface area contributed by atoms with Gasteiger partial charge in [-0.05, 0) is 57.8 Å². The van der Waals surface area contributed by atoms with Crippen LogP contribution in [0.4, 0.5) is 0 Å². The molecule has 0 saturated carbocycles. The van der Waals surface area contributed by atoms with Crippen LogP contribution in [0.2, 0.25) is 0 Å². The number of hydrogen-bond acceptors (Lipinski definition) is 5. The minimum absolute atomic E-state index is 0.00281. The van der Waals surface area contributed by atoms with Gasteiger partial charge < -0.3 is 20.3 Å². The van der Waals surface area contributed by atoms with Crippen molar-refractivity contribution in [3.63, 3.8) is 0 Å². The monoisotopic (exact) mass is 790 g/mol. The van der Waals surface area contributed by atoms with Gasteiger partial charge in [0, 0.05) is 12.8 Å². The van der Waals surface area contributed by atoms with Crippen LogP contribution in [0.15, 0.2) is 24.3 Å². The molecule has 0 spiro atoms. The average molecular weight is 790 g/mol. The second-order valence-corrected chi connectivity index (χ2v) is 16.8. The lowest BCUT2D eigenvalue weighted by atomic mass is 10.0. The Morgan fingerprint density at radius 1 is 0.482 bits per heavy atom. The number of allylic oxidation sites excluding steroid dienone is 3. The highest BCUT2D eigenvalue weighted by molar-refractivity contribution is 5.76. The molecule has 3 N–H and O–H groups in total. The number of hydrogen-bond donors (Lipinski definition) is 3. The zero-order chi connectivity index (χ0) is 40.8. The Hall–Kier alpha value is -1.66. The number of ether oxygens (including phenoxy) is 1. The molecule has 0 bridgehead atoms. The number of carbonyl (C=O) groups excluding carboxylic acids is 2. The van der Waals surface area contributed by atoms with Gasteiger partial charge in [0.15, 0.2) is 0 Å². The van der Waals surface area contributed by atoms with Crippen LogP contribution in [-0.4, -0.2) is 47.4 Å². The first-order chi connectivity index (χ1) is 27.5. The fourth-order valence-electron chi connectivity index (χ4n) is 7.39. The van der Waals surface area contributed by atoms with Gasteiger partial charge in [0.1, 0.15) is 0 Å². The lowest BCUT2D eigenvalue weighted by Gasteiger charge is -2.20. The molecule has 0 radical (unpaired) electrons. The van der Waals surface area contributed by atoms with Crippen molar-refractivity contribution in [2.75, 3.05) is 13.2 Å². The molecule has 2 atom stereocenters. The molecule has 6 nitrogen and oxygen atoms in total. The van der Waals surface area contributed by atoms with Crippen molar-refractivity contribution in [3.8, 4) is 0 Å². The number of nitrogens with one attached hydrogen (secondary N) is 1. The zero-order valence-electron chi connectivity index (χ0n) is 37.4. The first kappa shape index (κ1) is 54.3. The number of amides is 1. The summed E-state index contributed by atoms with van der Waals surface area (Å²) in [4.78, 5) is 24.3. The molecule has 0 aromatic carbocycles. The lowest BCUT2D eigenvalue weighted by Crippen LogP contribution is -2.45. The summed E-state index contributed by atoms with van der Waals surface area (Å²) in [6.45, 7) is 4.85. The van der Waals surface area contributed by atoms with Crippen LogP contribution in [0, 0.1) is 0 Å². The van der Waals surface area contributed by atoms with E-state index in [1.165, 1.54) is 173 Å². The van der Waals surface area contributed by atoms with Crippen molar-refractivity contribution in [1.29, 1.82) is 0 Å². The van der Waals surface area contributed by atoms with Crippen LogP contribution in [0.5, 0.6) is 0 Å². The predicted octanol–water partition coefficient (Wildman–Crippen LogP) is 14.3. The predicted molar refractivity (Wildman–Crippen MR) is 241 cm³/mol. The Morgan fingerprint density at radius 3 is 1.27 bits per heavy atom. The molecule has 6 heteroatoms. The molecular weight excluding hydrogens is 695 g/mol. The normalized spacial score (nSPS) is 12.9. The molecule has 0 aliphatic carbocycles. The summed E-state index contributed by atoms with van der Waals surface area (Å²) in [6.07, 6.45) is 53.2. The van der Waals surface area contributed by atoms with Gasteiger partial charge in [-0.3, -0.25) is 9.59 Å². The van der Waals surface area contributed by atoms with Crippen LogP contribution in [0.25, 0.3) is 0 Å². The number of carbonyl (C=O) groups is 2. The van der Waals surface area contributed by atoms with Crippen molar-refractivity contribution in [2.45, 2.75) is 270 Å². The molecule has 56 heavy (non-hydrogen) atoms. The van der Waals surface area contributed by atoms with Crippen LogP contribution in [0.3, 0.4) is 0 Å². The molecule has 0 heterocycles. The van der Waals surface area contributed by atoms with E-state index < -0.39 is 12.1 Å². The molecule has 0 aliphatic rings. The van der Waals surface area contributed by atoms with Gasteiger partial charge in [0.25, 0.3) is 0 Å². The quantitative estimate of drug-likeness (QED) is 0.0324. The first-order valence-electron chi connectivity index (χ1n) is 24.6. The smallest absolute Gasteiger partial charge is 0.305 e. The molecule has 0 saturated heterocycles. The Morgan fingerprint density at radius 2 is 0.839 bits per heavy atom. The van der Waals surface area contributed by atoms with Crippen molar-refractivity contribution in [1.82, 2.24) is 5.32 Å². The fourth-order valence-corrected chi connectivity index (χ4v) is 7.39. The summed E-state index contributed by atoms with van der Waals surface area (Å²) in [7, 11) is 0. The minimum Gasteiger partial charge on any atom is -0.466 e. The highest BCUT2D eigenvalue weighted by atomic mass is 16.5. The largest absolute Gasteiger partial charge is 0.466 e. The van der Waals surface area contributed by atoms with E-state index in [-0.39, 0.29) is 18.5 Å². The van der Waals surface area contributed by atoms with Crippen molar-refractivity contribution in [2.24, 2.45) is 0 Å². The van der Waals surface area contributed by atoms with Gasteiger partial charge in [-0.2, -0.15) is 0 Å². The Bertz CT molecular complexity index is 874. The fraction of sp³-hybridized carbons (Fsp3) is 0.880. The maximum atomic E-state index is 12.4. The summed E-state index contributed by atoms with van der Waals surface area (Å²) < 4.78 is 5.45. The van der Waals surface area contributed by atoms with Gasteiger partial charge in [-0.25, -0.2) is 0 Å². The van der Waals surface area contributed by atoms with E-state index in [0.29, 0.717) is 19.4 Å². The van der Waals surface area contributed by atoms with Gasteiger partial charge >= 0.3 is 5.97 Å². The highest BCUT2D eigenvalue weighted by Crippen LogP contribution is 2.15. The molecule has 0 aromatic heterocycles. The van der Waals surface area contributed by atoms with Gasteiger partial charge in [0.05, 0.1) is 25.4 Å². The van der Waals surface area contributed by atoms with Gasteiger partial charge in [-0.1, -0.05) is 212 Å². The van der Waals surface area contributed by atoms with E-state index in [2.05, 4.69) is 31.3 Å². The number of aliphatic hydroxyl groups is 2. The maximum Gasteiger partial charge on any atom is 0.305 e. The number of rotatable bonds is 45. The topological polar surface area (TPSA) is 95.9 Å². The van der Waals surface area contributed by atoms with E-state index in [4.69, 9.17) is 4.74 Å². The molecule has 0 aromatic rings. The number of esters is 1. The third-order valence-corrected chi connectivity index (χ3v) is 11.2. The van der Waals surface area contributed by atoms with Crippen LogP contribution >= 0.6 is 0 Å². The van der Waals surface area contributed by atoms with E-state index in [0.717, 1.165) is 57.8 Å². The SMILES string of the molecule is CCCCCCCCCC/C=C/C(O)C(CO)NC(=O)CCCCCCCCC/C=C\CCCCCCCCOC(=O)CCCCCCCCCCCCCC. The Labute approximate surface area is 348 Å². The summed E-state index contributed by atoms with van der Waals surface area (Å²) in [5.74, 6) is -0.0853. The zero-order valence-corrected chi connectivity index (χ0v) is 37.4. The maximum absolute atomic E-state index is 12.4.